The van der Waals surface area contributed by atoms with Crippen LogP contribution < -0.4 is 0 Å². The highest BCUT2D eigenvalue weighted by molar-refractivity contribution is 5.14. The Morgan fingerprint density at radius 1 is 0.952 bits per heavy atom. The number of hydrogen-bond acceptors (Lipinski definition) is 4. The summed E-state index contributed by atoms with van der Waals surface area (Å²) in [6.07, 6.45) is 0.271. The molecule has 1 aromatic rings. The van der Waals surface area contributed by atoms with E-state index in [9.17, 15) is 0 Å². The van der Waals surface area contributed by atoms with Gasteiger partial charge in [-0.05, 0) is 5.56 Å². The van der Waals surface area contributed by atoms with Gasteiger partial charge in [-0.3, -0.25) is 0 Å². The lowest BCUT2D eigenvalue weighted by molar-refractivity contribution is -0.526. The Hall–Kier alpha value is -0.940. The van der Waals surface area contributed by atoms with E-state index >= 15 is 0 Å². The van der Waals surface area contributed by atoms with E-state index in [0.717, 1.165) is 0 Å². The first kappa shape index (κ1) is 13.7. The molecule has 4 unspecified atom stereocenters. The number of benzene rings is 1. The molecule has 0 amide bonds. The summed E-state index contributed by atoms with van der Waals surface area (Å²) < 4.78 is 24.1. The summed E-state index contributed by atoms with van der Waals surface area (Å²) in [5, 5.41) is 0. The highest BCUT2D eigenvalue weighted by Gasteiger charge is 2.63. The van der Waals surface area contributed by atoms with Crippen LogP contribution >= 0.6 is 0 Å². The Bertz CT molecular complexity index is 497. The van der Waals surface area contributed by atoms with Gasteiger partial charge in [0.05, 0.1) is 24.9 Å². The Morgan fingerprint density at radius 2 is 1.52 bits per heavy atom. The van der Waals surface area contributed by atoms with Crippen LogP contribution in [0.4, 0.5) is 0 Å². The van der Waals surface area contributed by atoms with Crippen LogP contribution in [0.25, 0.3) is 0 Å². The van der Waals surface area contributed by atoms with E-state index in [1.807, 2.05) is 25.1 Å². The monoisotopic (exact) mass is 290 g/mol. The molecule has 0 radical (unpaired) electrons. The molecule has 1 aliphatic carbocycles. The van der Waals surface area contributed by atoms with Crippen LogP contribution in [0.5, 0.6) is 0 Å². The van der Waals surface area contributed by atoms with Gasteiger partial charge < -0.3 is 18.9 Å². The molecular weight excluding hydrogens is 268 g/mol. The molecule has 1 aromatic carbocycles. The quantitative estimate of drug-likeness (QED) is 0.857. The van der Waals surface area contributed by atoms with Gasteiger partial charge in [0.1, 0.15) is 6.10 Å². The van der Waals surface area contributed by atoms with E-state index in [4.69, 9.17) is 18.9 Å². The maximum atomic E-state index is 6.19. The lowest BCUT2D eigenvalue weighted by Gasteiger charge is -2.62. The smallest absolute Gasteiger partial charge is 0.280 e. The molecule has 114 valence electrons. The third kappa shape index (κ3) is 2.13. The minimum atomic E-state index is -0.883. The maximum Gasteiger partial charge on any atom is 0.280 e. The summed E-state index contributed by atoms with van der Waals surface area (Å²) in [6, 6.07) is 10.2. The van der Waals surface area contributed by atoms with Crippen LogP contribution in [0.3, 0.4) is 0 Å². The fourth-order valence-corrected chi connectivity index (χ4v) is 3.98. The van der Waals surface area contributed by atoms with Crippen molar-refractivity contribution in [2.24, 2.45) is 11.8 Å². The summed E-state index contributed by atoms with van der Waals surface area (Å²) in [6.45, 7) is 6.83. The second-order valence-electron chi connectivity index (χ2n) is 6.59. The second kappa shape index (κ2) is 4.78. The maximum absolute atomic E-state index is 6.19. The van der Waals surface area contributed by atoms with Crippen LogP contribution in [0, 0.1) is 11.8 Å². The zero-order chi connectivity index (χ0) is 14.6. The highest BCUT2D eigenvalue weighted by Crippen LogP contribution is 2.50. The van der Waals surface area contributed by atoms with Crippen LogP contribution in [0.1, 0.15) is 26.3 Å². The molecule has 21 heavy (non-hydrogen) atoms. The molecule has 3 aliphatic heterocycles. The van der Waals surface area contributed by atoms with Gasteiger partial charge in [-0.25, -0.2) is 0 Å². The van der Waals surface area contributed by atoms with Crippen molar-refractivity contribution in [3.63, 3.8) is 0 Å². The Labute approximate surface area is 125 Å². The van der Waals surface area contributed by atoms with E-state index in [1.54, 1.807) is 0 Å². The minimum absolute atomic E-state index is 0.0246. The molecule has 5 rings (SSSR count). The lowest BCUT2D eigenvalue weighted by Crippen LogP contribution is -2.73. The first-order valence-electron chi connectivity index (χ1n) is 7.76. The van der Waals surface area contributed by atoms with E-state index in [-0.39, 0.29) is 24.4 Å². The number of rotatable bonds is 3. The zero-order valence-corrected chi connectivity index (χ0v) is 12.7. The largest absolute Gasteiger partial charge is 0.368 e. The summed E-state index contributed by atoms with van der Waals surface area (Å²) >= 11 is 0. The molecular formula is C17H22O4. The second-order valence-corrected chi connectivity index (χ2v) is 6.59. The third-order valence-corrected chi connectivity index (χ3v) is 5.06. The van der Waals surface area contributed by atoms with Gasteiger partial charge in [0.2, 0.25) is 0 Å². The van der Waals surface area contributed by atoms with Gasteiger partial charge in [-0.1, -0.05) is 44.2 Å². The lowest BCUT2D eigenvalue weighted by atomic mass is 9.72. The van der Waals surface area contributed by atoms with E-state index in [1.165, 1.54) is 5.56 Å². The molecule has 4 aliphatic rings. The van der Waals surface area contributed by atoms with Crippen molar-refractivity contribution in [1.29, 1.82) is 0 Å². The van der Waals surface area contributed by atoms with Gasteiger partial charge in [0.25, 0.3) is 5.97 Å². The predicted molar refractivity (Wildman–Crippen MR) is 76.4 cm³/mol. The molecule has 0 aromatic heterocycles. The van der Waals surface area contributed by atoms with Crippen molar-refractivity contribution >= 4 is 0 Å². The highest BCUT2D eigenvalue weighted by atomic mass is 16.9. The van der Waals surface area contributed by atoms with Crippen LogP contribution in [-0.4, -0.2) is 30.4 Å². The first-order valence-corrected chi connectivity index (χ1v) is 7.76. The molecule has 3 heterocycles. The van der Waals surface area contributed by atoms with Crippen molar-refractivity contribution in [2.45, 2.75) is 57.8 Å². The van der Waals surface area contributed by atoms with Crippen molar-refractivity contribution in [3.05, 3.63) is 35.9 Å². The summed E-state index contributed by atoms with van der Waals surface area (Å²) in [4.78, 5) is 0. The van der Waals surface area contributed by atoms with Gasteiger partial charge in [-0.15, -0.1) is 0 Å². The van der Waals surface area contributed by atoms with Gasteiger partial charge in [0, 0.05) is 18.8 Å². The van der Waals surface area contributed by atoms with E-state index in [0.29, 0.717) is 18.4 Å². The predicted octanol–water partition coefficient (Wildman–Crippen LogP) is 2.71. The van der Waals surface area contributed by atoms with Crippen molar-refractivity contribution in [2.75, 3.05) is 0 Å². The third-order valence-electron chi connectivity index (χ3n) is 5.06. The minimum Gasteiger partial charge on any atom is -0.368 e. The van der Waals surface area contributed by atoms with Gasteiger partial charge in [0.15, 0.2) is 0 Å². The van der Waals surface area contributed by atoms with Gasteiger partial charge >= 0.3 is 0 Å². The molecule has 4 nitrogen and oxygen atoms in total. The molecule has 0 N–H and O–H groups in total. The number of ether oxygens (including phenoxy) is 4. The van der Waals surface area contributed by atoms with Crippen molar-refractivity contribution in [3.8, 4) is 0 Å². The Balaban J connectivity index is 1.53. The molecule has 1 saturated carbocycles. The summed E-state index contributed by atoms with van der Waals surface area (Å²) in [7, 11) is 0. The molecule has 4 bridgehead atoms. The van der Waals surface area contributed by atoms with E-state index in [2.05, 4.69) is 26.0 Å². The SMILES string of the molecule is CC1C2OC3(C)OC1C(OCc1ccccc1)C(O3)C2C. The normalized spacial score (nSPS) is 47.8. The van der Waals surface area contributed by atoms with E-state index < -0.39 is 5.97 Å². The average Bonchev–Trinajstić information content (AvgIpc) is 2.48. The fraction of sp³-hybridized carbons (Fsp3) is 0.647. The first-order chi connectivity index (χ1) is 10.1. The van der Waals surface area contributed by atoms with Crippen LogP contribution in [-0.2, 0) is 25.6 Å². The molecule has 3 saturated heterocycles. The Kier molecular flexibility index (Phi) is 3.12. The van der Waals surface area contributed by atoms with Crippen LogP contribution in [0.15, 0.2) is 30.3 Å². The van der Waals surface area contributed by atoms with Gasteiger partial charge in [-0.2, -0.15) is 0 Å². The topological polar surface area (TPSA) is 36.9 Å². The van der Waals surface area contributed by atoms with Crippen LogP contribution in [0.2, 0.25) is 0 Å². The Morgan fingerprint density at radius 3 is 2.14 bits per heavy atom. The van der Waals surface area contributed by atoms with Crippen molar-refractivity contribution in [1.82, 2.24) is 0 Å². The molecule has 4 fully saturated rings. The summed E-state index contributed by atoms with van der Waals surface area (Å²) in [5.74, 6) is -0.228. The standard InChI is InChI=1S/C17H22O4/c1-10-13-11(2)15-16(14(10)20-17(3,19-13)21-15)18-9-12-7-5-4-6-8-12/h4-8,10-11,13-16H,9H2,1-3H3. The average molecular weight is 290 g/mol. The molecule has 4 heteroatoms. The summed E-state index contributed by atoms with van der Waals surface area (Å²) in [5.41, 5.74) is 1.18. The fourth-order valence-electron chi connectivity index (χ4n) is 3.98. The van der Waals surface area contributed by atoms with Crippen molar-refractivity contribution < 1.29 is 18.9 Å². The molecule has 4 atom stereocenters. The molecule has 0 spiro atoms. The zero-order valence-electron chi connectivity index (χ0n) is 12.7. The number of hydrogen-bond donors (Lipinski definition) is 0.